The molecule has 0 bridgehead atoms. The monoisotopic (exact) mass is 223 g/mol. The lowest BCUT2D eigenvalue weighted by molar-refractivity contribution is 0.366. The number of rotatable bonds is 2. The van der Waals surface area contributed by atoms with Crippen molar-refractivity contribution in [1.29, 1.82) is 5.26 Å². The van der Waals surface area contributed by atoms with Gasteiger partial charge >= 0.3 is 0 Å². The Hall–Kier alpha value is -1.48. The Morgan fingerprint density at radius 1 is 1.40 bits per heavy atom. The molecular formula is C10H9NO3S. The van der Waals surface area contributed by atoms with Crippen molar-refractivity contribution in [1.82, 2.24) is 0 Å². The van der Waals surface area contributed by atoms with Crippen molar-refractivity contribution in [2.24, 2.45) is 0 Å². The van der Waals surface area contributed by atoms with Gasteiger partial charge in [-0.3, -0.25) is 9.11 Å². The van der Waals surface area contributed by atoms with Crippen molar-refractivity contribution >= 4 is 16.7 Å². The normalized spacial score (nSPS) is 17.9. The van der Waals surface area contributed by atoms with Crippen LogP contribution in [0.3, 0.4) is 0 Å². The summed E-state index contributed by atoms with van der Waals surface area (Å²) < 4.78 is 24.3. The number of nitrogens with zero attached hydrogens (tertiary/aromatic N) is 1. The second-order valence-electron chi connectivity index (χ2n) is 3.04. The Labute approximate surface area is 88.8 Å². The van der Waals surface area contributed by atoms with Gasteiger partial charge in [-0.1, -0.05) is 0 Å². The van der Waals surface area contributed by atoms with Gasteiger partial charge in [-0.15, -0.1) is 10.6 Å². The smallest absolute Gasteiger partial charge is 0.174 e. The van der Waals surface area contributed by atoms with E-state index in [1.165, 1.54) is 5.41 Å². The van der Waals surface area contributed by atoms with Crippen LogP contribution < -0.4 is 4.74 Å². The molecule has 1 heterocycles. The Morgan fingerprint density at radius 2 is 2.20 bits per heavy atom. The zero-order valence-electron chi connectivity index (χ0n) is 7.75. The Balaban J connectivity index is 2.32. The molecule has 1 aliphatic rings. The van der Waals surface area contributed by atoms with Crippen molar-refractivity contribution in [3.8, 4) is 11.8 Å². The molecule has 15 heavy (non-hydrogen) atoms. The zero-order valence-corrected chi connectivity index (χ0v) is 8.57. The highest BCUT2D eigenvalue weighted by atomic mass is 32.3. The highest BCUT2D eigenvalue weighted by Crippen LogP contribution is 2.56. The molecule has 4 nitrogen and oxygen atoms in total. The molecule has 78 valence electrons. The summed E-state index contributed by atoms with van der Waals surface area (Å²) in [6, 6.07) is 6.84. The fourth-order valence-electron chi connectivity index (χ4n) is 1.36. The third-order valence-corrected chi connectivity index (χ3v) is 3.57. The largest absolute Gasteiger partial charge is 0.479 e. The number of hydrogen-bond acceptors (Lipinski definition) is 4. The van der Waals surface area contributed by atoms with E-state index < -0.39 is 10.6 Å². The Bertz CT molecular complexity index is 462. The van der Waals surface area contributed by atoms with Crippen LogP contribution in [0.4, 0.5) is 0 Å². The van der Waals surface area contributed by atoms with Gasteiger partial charge in [0.05, 0.1) is 4.90 Å². The summed E-state index contributed by atoms with van der Waals surface area (Å²) in [7, 11) is -2.80. The highest BCUT2D eigenvalue weighted by molar-refractivity contribution is 8.27. The van der Waals surface area contributed by atoms with Crippen LogP contribution in [0.25, 0.3) is 6.08 Å². The van der Waals surface area contributed by atoms with E-state index in [4.69, 9.17) is 10.00 Å². The van der Waals surface area contributed by atoms with Gasteiger partial charge in [0.1, 0.15) is 11.8 Å². The van der Waals surface area contributed by atoms with Crippen LogP contribution in [0.5, 0.6) is 5.75 Å². The molecule has 0 saturated carbocycles. The topological polar surface area (TPSA) is 73.5 Å². The SMILES string of the molecule is N#CCOc1ccc2c(c1)S(O)(O)C=C2. The molecule has 1 aromatic carbocycles. The summed E-state index contributed by atoms with van der Waals surface area (Å²) in [6.07, 6.45) is 1.67. The second kappa shape index (κ2) is 3.59. The molecule has 2 N–H and O–H groups in total. The number of hydrogen-bond donors (Lipinski definition) is 2. The van der Waals surface area contributed by atoms with E-state index in [2.05, 4.69) is 0 Å². The maximum Gasteiger partial charge on any atom is 0.174 e. The predicted molar refractivity (Wildman–Crippen MR) is 57.7 cm³/mol. The molecule has 0 saturated heterocycles. The quantitative estimate of drug-likeness (QED) is 0.808. The summed E-state index contributed by atoms with van der Waals surface area (Å²) >= 11 is 0. The van der Waals surface area contributed by atoms with Gasteiger partial charge in [0.2, 0.25) is 0 Å². The van der Waals surface area contributed by atoms with Crippen molar-refractivity contribution < 1.29 is 13.8 Å². The molecule has 0 amide bonds. The minimum Gasteiger partial charge on any atom is -0.479 e. The van der Waals surface area contributed by atoms with Crippen LogP contribution in [0.15, 0.2) is 28.5 Å². The Kier molecular flexibility index (Phi) is 2.40. The number of ether oxygens (including phenoxy) is 1. The molecule has 0 unspecified atom stereocenters. The van der Waals surface area contributed by atoms with Crippen LogP contribution in [0.2, 0.25) is 0 Å². The average molecular weight is 223 g/mol. The highest BCUT2D eigenvalue weighted by Gasteiger charge is 2.21. The fraction of sp³-hybridized carbons (Fsp3) is 0.100. The molecular weight excluding hydrogens is 214 g/mol. The summed E-state index contributed by atoms with van der Waals surface area (Å²) in [5.41, 5.74) is 0.777. The first-order valence-corrected chi connectivity index (χ1v) is 5.84. The number of fused-ring (bicyclic) bond motifs is 1. The van der Waals surface area contributed by atoms with Gasteiger partial charge in [0, 0.05) is 11.5 Å². The maximum absolute atomic E-state index is 9.63. The van der Waals surface area contributed by atoms with E-state index in [0.717, 1.165) is 5.56 Å². The second-order valence-corrected chi connectivity index (χ2v) is 4.94. The summed E-state index contributed by atoms with van der Waals surface area (Å²) in [6.45, 7) is -0.0502. The average Bonchev–Trinajstić information content (AvgIpc) is 2.52. The van der Waals surface area contributed by atoms with Crippen LogP contribution in [0, 0.1) is 11.3 Å². The molecule has 2 rings (SSSR count). The van der Waals surface area contributed by atoms with Gasteiger partial charge in [-0.2, -0.15) is 5.26 Å². The van der Waals surface area contributed by atoms with E-state index in [1.807, 2.05) is 6.07 Å². The van der Waals surface area contributed by atoms with Crippen LogP contribution in [-0.4, -0.2) is 15.7 Å². The van der Waals surface area contributed by atoms with Crippen LogP contribution in [-0.2, 0) is 0 Å². The molecule has 0 atom stereocenters. The lowest BCUT2D eigenvalue weighted by Crippen LogP contribution is -1.96. The molecule has 1 aliphatic heterocycles. The van der Waals surface area contributed by atoms with Gasteiger partial charge in [0.15, 0.2) is 6.61 Å². The first-order chi connectivity index (χ1) is 7.13. The maximum atomic E-state index is 9.63. The van der Waals surface area contributed by atoms with Crippen molar-refractivity contribution in [2.45, 2.75) is 4.90 Å². The third kappa shape index (κ3) is 1.83. The summed E-state index contributed by atoms with van der Waals surface area (Å²) in [5.74, 6) is 0.471. The van der Waals surface area contributed by atoms with Gasteiger partial charge in [0.25, 0.3) is 0 Å². The van der Waals surface area contributed by atoms with Crippen molar-refractivity contribution in [3.05, 3.63) is 29.2 Å². The van der Waals surface area contributed by atoms with Gasteiger partial charge < -0.3 is 4.74 Å². The minimum absolute atomic E-state index is 0.0502. The molecule has 0 radical (unpaired) electrons. The third-order valence-electron chi connectivity index (χ3n) is 2.05. The van der Waals surface area contributed by atoms with Crippen molar-refractivity contribution in [3.63, 3.8) is 0 Å². The fourth-order valence-corrected chi connectivity index (χ4v) is 2.62. The minimum atomic E-state index is -2.80. The Morgan fingerprint density at radius 3 is 2.93 bits per heavy atom. The molecule has 0 aliphatic carbocycles. The first-order valence-electron chi connectivity index (χ1n) is 4.23. The van der Waals surface area contributed by atoms with Crippen LogP contribution in [0.1, 0.15) is 5.56 Å². The predicted octanol–water partition coefficient (Wildman–Crippen LogP) is 2.68. The van der Waals surface area contributed by atoms with E-state index in [1.54, 1.807) is 24.3 Å². The lowest BCUT2D eigenvalue weighted by Gasteiger charge is -2.25. The van der Waals surface area contributed by atoms with E-state index >= 15 is 0 Å². The van der Waals surface area contributed by atoms with E-state index in [0.29, 0.717) is 10.6 Å². The summed E-state index contributed by atoms with van der Waals surface area (Å²) in [5, 5.41) is 9.72. The lowest BCUT2D eigenvalue weighted by atomic mass is 10.2. The molecule has 0 spiro atoms. The molecule has 5 heteroatoms. The van der Waals surface area contributed by atoms with Crippen LogP contribution >= 0.6 is 10.6 Å². The van der Waals surface area contributed by atoms with Gasteiger partial charge in [-0.05, 0) is 23.8 Å². The summed E-state index contributed by atoms with van der Waals surface area (Å²) in [4.78, 5) is 0.456. The molecule has 0 fully saturated rings. The first kappa shape index (κ1) is 10.1. The van der Waals surface area contributed by atoms with Crippen molar-refractivity contribution in [2.75, 3.05) is 6.61 Å². The molecule has 1 aromatic rings. The molecule has 0 aromatic heterocycles. The van der Waals surface area contributed by atoms with E-state index in [9.17, 15) is 9.11 Å². The zero-order chi connectivity index (χ0) is 10.9. The van der Waals surface area contributed by atoms with E-state index in [-0.39, 0.29) is 6.61 Å². The number of nitriles is 1. The van der Waals surface area contributed by atoms with Gasteiger partial charge in [-0.25, -0.2) is 0 Å². The number of benzene rings is 1. The standard InChI is InChI=1S/C10H9NO3S/c11-4-5-14-9-2-1-8-3-6-15(12,13)10(8)7-9/h1-3,6-7,12-13H,5H2.